The maximum Gasteiger partial charge on any atom is 0.0110 e. The second-order valence-corrected chi connectivity index (χ2v) is 8.26. The first-order chi connectivity index (χ1) is 10.2. The lowest BCUT2D eigenvalue weighted by atomic mass is 9.85. The minimum atomic E-state index is 0.572. The van der Waals surface area contributed by atoms with Gasteiger partial charge in [0.05, 0.1) is 0 Å². The van der Waals surface area contributed by atoms with E-state index in [4.69, 9.17) is 0 Å². The van der Waals surface area contributed by atoms with Crippen molar-refractivity contribution in [3.8, 4) is 0 Å². The van der Waals surface area contributed by atoms with Gasteiger partial charge in [0.25, 0.3) is 0 Å². The van der Waals surface area contributed by atoms with Gasteiger partial charge in [-0.2, -0.15) is 0 Å². The minimum absolute atomic E-state index is 0.572. The molecule has 0 radical (unpaired) electrons. The largest absolute Gasteiger partial charge is 0.314 e. The average Bonchev–Trinajstić information content (AvgIpc) is 3.16. The summed E-state index contributed by atoms with van der Waals surface area (Å²) in [5.74, 6) is 1.05. The number of hydrogen-bond donors (Lipinski definition) is 1. The molecule has 0 aromatic carbocycles. The van der Waals surface area contributed by atoms with Crippen molar-refractivity contribution < 1.29 is 0 Å². The standard InChI is InChI=1S/C18H35N3/c1-16(2)19-14-18(7-3-4-8-18)15-21-11-9-20(10-12-21)13-17-5-6-17/h16-17,19H,3-15H2,1-2H3. The quantitative estimate of drug-likeness (QED) is 0.778. The van der Waals surface area contributed by atoms with Crippen LogP contribution in [0.2, 0.25) is 0 Å². The van der Waals surface area contributed by atoms with E-state index in [1.807, 2.05) is 0 Å². The first-order valence-electron chi connectivity index (χ1n) is 9.33. The van der Waals surface area contributed by atoms with Crippen LogP contribution < -0.4 is 5.32 Å². The zero-order valence-corrected chi connectivity index (χ0v) is 14.2. The first kappa shape index (κ1) is 15.8. The third-order valence-electron chi connectivity index (χ3n) is 5.79. The molecule has 21 heavy (non-hydrogen) atoms. The third-order valence-corrected chi connectivity index (χ3v) is 5.79. The smallest absolute Gasteiger partial charge is 0.0110 e. The fourth-order valence-corrected chi connectivity index (χ4v) is 4.21. The Labute approximate surface area is 131 Å². The van der Waals surface area contributed by atoms with Gasteiger partial charge in [-0.05, 0) is 37.0 Å². The van der Waals surface area contributed by atoms with E-state index >= 15 is 0 Å². The lowest BCUT2D eigenvalue weighted by molar-refractivity contribution is 0.0821. The second kappa shape index (κ2) is 6.97. The lowest BCUT2D eigenvalue weighted by Crippen LogP contribution is -2.51. The molecule has 0 spiro atoms. The van der Waals surface area contributed by atoms with Crippen LogP contribution in [-0.2, 0) is 0 Å². The summed E-state index contributed by atoms with van der Waals surface area (Å²) < 4.78 is 0. The highest BCUT2D eigenvalue weighted by atomic mass is 15.3. The van der Waals surface area contributed by atoms with E-state index in [-0.39, 0.29) is 0 Å². The summed E-state index contributed by atoms with van der Waals surface area (Å²) in [6, 6.07) is 0.623. The van der Waals surface area contributed by atoms with Crippen molar-refractivity contribution >= 4 is 0 Å². The Bertz CT molecular complexity index is 310. The minimum Gasteiger partial charge on any atom is -0.314 e. The van der Waals surface area contributed by atoms with E-state index in [2.05, 4.69) is 29.0 Å². The highest BCUT2D eigenvalue weighted by molar-refractivity contribution is 4.91. The maximum absolute atomic E-state index is 3.72. The number of nitrogens with one attached hydrogen (secondary N) is 1. The van der Waals surface area contributed by atoms with Crippen LogP contribution in [0.1, 0.15) is 52.4 Å². The fraction of sp³-hybridized carbons (Fsp3) is 1.00. The topological polar surface area (TPSA) is 18.5 Å². The van der Waals surface area contributed by atoms with Gasteiger partial charge in [0.1, 0.15) is 0 Å². The van der Waals surface area contributed by atoms with E-state index in [1.165, 1.54) is 84.3 Å². The van der Waals surface area contributed by atoms with Gasteiger partial charge in [0.2, 0.25) is 0 Å². The molecule has 0 unspecified atom stereocenters. The van der Waals surface area contributed by atoms with Crippen molar-refractivity contribution in [3.05, 3.63) is 0 Å². The SMILES string of the molecule is CC(C)NCC1(CN2CCN(CC3CC3)CC2)CCCC1. The van der Waals surface area contributed by atoms with Crippen LogP contribution in [0.4, 0.5) is 0 Å². The highest BCUT2D eigenvalue weighted by Crippen LogP contribution is 2.38. The van der Waals surface area contributed by atoms with Gasteiger partial charge in [-0.3, -0.25) is 0 Å². The Morgan fingerprint density at radius 2 is 1.62 bits per heavy atom. The summed E-state index contributed by atoms with van der Waals surface area (Å²) >= 11 is 0. The Morgan fingerprint density at radius 1 is 1.00 bits per heavy atom. The molecule has 0 aromatic rings. The predicted molar refractivity (Wildman–Crippen MR) is 89.6 cm³/mol. The fourth-order valence-electron chi connectivity index (χ4n) is 4.21. The monoisotopic (exact) mass is 293 g/mol. The molecule has 122 valence electrons. The van der Waals surface area contributed by atoms with Gasteiger partial charge in [-0.25, -0.2) is 0 Å². The third kappa shape index (κ3) is 4.67. The van der Waals surface area contributed by atoms with E-state index in [0.717, 1.165) is 5.92 Å². The van der Waals surface area contributed by atoms with Crippen molar-refractivity contribution in [2.24, 2.45) is 11.3 Å². The molecule has 3 fully saturated rings. The van der Waals surface area contributed by atoms with Crippen LogP contribution in [0.5, 0.6) is 0 Å². The molecule has 3 aliphatic rings. The van der Waals surface area contributed by atoms with Gasteiger partial charge in [-0.1, -0.05) is 26.7 Å². The van der Waals surface area contributed by atoms with Crippen molar-refractivity contribution in [2.75, 3.05) is 45.8 Å². The van der Waals surface area contributed by atoms with Crippen LogP contribution >= 0.6 is 0 Å². The summed E-state index contributed by atoms with van der Waals surface area (Å²) in [5.41, 5.74) is 0.572. The lowest BCUT2D eigenvalue weighted by Gasteiger charge is -2.41. The molecule has 0 amide bonds. The molecule has 0 atom stereocenters. The summed E-state index contributed by atoms with van der Waals surface area (Å²) in [5, 5.41) is 3.72. The Kier molecular flexibility index (Phi) is 5.23. The van der Waals surface area contributed by atoms with Crippen molar-refractivity contribution in [3.63, 3.8) is 0 Å². The van der Waals surface area contributed by atoms with Crippen LogP contribution in [0.3, 0.4) is 0 Å². The zero-order valence-electron chi connectivity index (χ0n) is 14.2. The molecule has 1 N–H and O–H groups in total. The Balaban J connectivity index is 1.45. The van der Waals surface area contributed by atoms with E-state index in [0.29, 0.717) is 11.5 Å². The Hall–Kier alpha value is -0.120. The van der Waals surface area contributed by atoms with Crippen LogP contribution in [0.15, 0.2) is 0 Å². The number of nitrogens with zero attached hydrogens (tertiary/aromatic N) is 2. The summed E-state index contributed by atoms with van der Waals surface area (Å²) in [4.78, 5) is 5.47. The van der Waals surface area contributed by atoms with E-state index < -0.39 is 0 Å². The molecular formula is C18H35N3. The van der Waals surface area contributed by atoms with Crippen LogP contribution in [0.25, 0.3) is 0 Å². The molecule has 1 heterocycles. The zero-order chi connectivity index (χ0) is 14.7. The van der Waals surface area contributed by atoms with Crippen molar-refractivity contribution in [1.29, 1.82) is 0 Å². The van der Waals surface area contributed by atoms with Crippen LogP contribution in [-0.4, -0.2) is 61.7 Å². The summed E-state index contributed by atoms with van der Waals surface area (Å²) in [7, 11) is 0. The van der Waals surface area contributed by atoms with Gasteiger partial charge in [-0.15, -0.1) is 0 Å². The average molecular weight is 293 g/mol. The summed E-state index contributed by atoms with van der Waals surface area (Å²) in [6.07, 6.45) is 8.75. The second-order valence-electron chi connectivity index (χ2n) is 8.26. The molecule has 2 saturated carbocycles. The highest BCUT2D eigenvalue weighted by Gasteiger charge is 2.36. The molecule has 0 bridgehead atoms. The summed E-state index contributed by atoms with van der Waals surface area (Å²) in [6.45, 7) is 13.7. The molecule has 0 aromatic heterocycles. The van der Waals surface area contributed by atoms with Crippen molar-refractivity contribution in [1.82, 2.24) is 15.1 Å². The van der Waals surface area contributed by atoms with E-state index in [1.54, 1.807) is 0 Å². The van der Waals surface area contributed by atoms with Gasteiger partial charge in [0.15, 0.2) is 0 Å². The number of rotatable bonds is 7. The molecule has 3 rings (SSSR count). The first-order valence-corrected chi connectivity index (χ1v) is 9.33. The molecule has 3 nitrogen and oxygen atoms in total. The molecule has 2 aliphatic carbocycles. The Morgan fingerprint density at radius 3 is 2.19 bits per heavy atom. The van der Waals surface area contributed by atoms with Gasteiger partial charge >= 0.3 is 0 Å². The van der Waals surface area contributed by atoms with Gasteiger partial charge in [0, 0.05) is 51.9 Å². The maximum atomic E-state index is 3.72. The van der Waals surface area contributed by atoms with Crippen molar-refractivity contribution in [2.45, 2.75) is 58.4 Å². The van der Waals surface area contributed by atoms with Crippen LogP contribution in [0, 0.1) is 11.3 Å². The number of hydrogen-bond acceptors (Lipinski definition) is 3. The molecule has 1 aliphatic heterocycles. The molecule has 3 heteroatoms. The number of piperazine rings is 1. The predicted octanol–water partition coefficient (Wildman–Crippen LogP) is 2.57. The molecular weight excluding hydrogens is 258 g/mol. The van der Waals surface area contributed by atoms with E-state index in [9.17, 15) is 0 Å². The molecule has 1 saturated heterocycles. The van der Waals surface area contributed by atoms with Gasteiger partial charge < -0.3 is 15.1 Å². The normalized spacial score (nSPS) is 27.6.